The largest absolute Gasteiger partial charge is 0.497 e. The Bertz CT molecular complexity index is 1290. The van der Waals surface area contributed by atoms with Crippen LogP contribution in [0.2, 0.25) is 0 Å². The van der Waals surface area contributed by atoms with Crippen LogP contribution in [-0.4, -0.2) is 40.5 Å². The van der Waals surface area contributed by atoms with Gasteiger partial charge in [-0.1, -0.05) is 30.3 Å². The molecule has 1 aromatic heterocycles. The Kier molecular flexibility index (Phi) is 6.21. The number of nitrogens with zero attached hydrogens (tertiary/aromatic N) is 3. The third-order valence-electron chi connectivity index (χ3n) is 5.13. The van der Waals surface area contributed by atoms with E-state index in [2.05, 4.69) is 10.4 Å². The predicted molar refractivity (Wildman–Crippen MR) is 122 cm³/mol. The maximum atomic E-state index is 12.5. The second-order valence-electron chi connectivity index (χ2n) is 7.26. The fraction of sp³-hybridized carbons (Fsp3) is 0.208. The monoisotopic (exact) mass is 432 g/mol. The standard InChI is InChI=1S/C24H24N4O4/c1-27-23(18-8-10-20(31-2)11-9-18)26-28(24(27)30)14-13-25-22(29)16-32-21-12-7-17-5-3-4-6-19(17)15-21/h3-12,15H,13-14,16H2,1-2H3,(H,25,29). The van der Waals surface area contributed by atoms with Gasteiger partial charge in [0, 0.05) is 19.2 Å². The minimum absolute atomic E-state index is 0.105. The molecule has 1 amide bonds. The van der Waals surface area contributed by atoms with Gasteiger partial charge in [0.1, 0.15) is 11.5 Å². The van der Waals surface area contributed by atoms with E-state index in [1.54, 1.807) is 14.2 Å². The third-order valence-corrected chi connectivity index (χ3v) is 5.13. The minimum Gasteiger partial charge on any atom is -0.497 e. The summed E-state index contributed by atoms with van der Waals surface area (Å²) in [6, 6.07) is 21.0. The van der Waals surface area contributed by atoms with E-state index in [-0.39, 0.29) is 31.3 Å². The maximum Gasteiger partial charge on any atom is 0.345 e. The molecule has 0 radical (unpaired) electrons. The Morgan fingerprint density at radius 3 is 2.47 bits per heavy atom. The second kappa shape index (κ2) is 9.38. The fourth-order valence-electron chi connectivity index (χ4n) is 3.38. The lowest BCUT2D eigenvalue weighted by atomic mass is 10.1. The fourth-order valence-corrected chi connectivity index (χ4v) is 3.38. The van der Waals surface area contributed by atoms with Gasteiger partial charge in [-0.3, -0.25) is 9.36 Å². The van der Waals surface area contributed by atoms with Crippen LogP contribution in [0.15, 0.2) is 71.5 Å². The van der Waals surface area contributed by atoms with Gasteiger partial charge >= 0.3 is 5.69 Å². The van der Waals surface area contributed by atoms with E-state index in [1.807, 2.05) is 66.7 Å². The van der Waals surface area contributed by atoms with Crippen molar-refractivity contribution in [3.63, 3.8) is 0 Å². The first kappa shape index (κ1) is 21.2. The molecule has 8 heteroatoms. The van der Waals surface area contributed by atoms with Crippen molar-refractivity contribution in [3.8, 4) is 22.9 Å². The molecule has 0 aliphatic carbocycles. The summed E-state index contributed by atoms with van der Waals surface area (Å²) in [7, 11) is 3.27. The molecule has 0 saturated carbocycles. The first-order valence-corrected chi connectivity index (χ1v) is 10.2. The summed E-state index contributed by atoms with van der Waals surface area (Å²) in [6.45, 7) is 0.413. The average molecular weight is 432 g/mol. The van der Waals surface area contributed by atoms with Crippen molar-refractivity contribution in [2.45, 2.75) is 6.54 Å². The zero-order valence-corrected chi connectivity index (χ0v) is 17.9. The molecule has 4 aromatic rings. The highest BCUT2D eigenvalue weighted by atomic mass is 16.5. The minimum atomic E-state index is -0.266. The highest BCUT2D eigenvalue weighted by Gasteiger charge is 2.12. The first-order valence-electron chi connectivity index (χ1n) is 10.2. The molecule has 1 N–H and O–H groups in total. The van der Waals surface area contributed by atoms with Crippen molar-refractivity contribution in [1.82, 2.24) is 19.7 Å². The van der Waals surface area contributed by atoms with Gasteiger partial charge in [-0.2, -0.15) is 0 Å². The van der Waals surface area contributed by atoms with Gasteiger partial charge in [0.2, 0.25) is 0 Å². The van der Waals surface area contributed by atoms with Crippen LogP contribution in [0.3, 0.4) is 0 Å². The van der Waals surface area contributed by atoms with Crippen LogP contribution in [-0.2, 0) is 18.4 Å². The Morgan fingerprint density at radius 2 is 1.72 bits per heavy atom. The van der Waals surface area contributed by atoms with Crippen molar-refractivity contribution < 1.29 is 14.3 Å². The molecule has 0 bridgehead atoms. The number of carbonyl (C=O) groups excluding carboxylic acids is 1. The van der Waals surface area contributed by atoms with E-state index in [1.165, 1.54) is 9.25 Å². The van der Waals surface area contributed by atoms with E-state index in [0.717, 1.165) is 22.1 Å². The summed E-state index contributed by atoms with van der Waals surface area (Å²) < 4.78 is 13.6. The molecule has 8 nitrogen and oxygen atoms in total. The van der Waals surface area contributed by atoms with Crippen molar-refractivity contribution in [3.05, 3.63) is 77.2 Å². The molecular formula is C24H24N4O4. The molecule has 0 aliphatic heterocycles. The maximum absolute atomic E-state index is 12.5. The third kappa shape index (κ3) is 4.64. The number of hydrogen-bond donors (Lipinski definition) is 1. The number of benzene rings is 3. The van der Waals surface area contributed by atoms with Crippen molar-refractivity contribution in [2.75, 3.05) is 20.3 Å². The van der Waals surface area contributed by atoms with E-state index in [4.69, 9.17) is 9.47 Å². The summed E-state index contributed by atoms with van der Waals surface area (Å²) in [5.41, 5.74) is 0.550. The molecule has 3 aromatic carbocycles. The number of fused-ring (bicyclic) bond motifs is 1. The van der Waals surface area contributed by atoms with E-state index < -0.39 is 0 Å². The smallest absolute Gasteiger partial charge is 0.345 e. The summed E-state index contributed by atoms with van der Waals surface area (Å²) >= 11 is 0. The van der Waals surface area contributed by atoms with Gasteiger partial charge < -0.3 is 14.8 Å². The zero-order valence-electron chi connectivity index (χ0n) is 17.9. The van der Waals surface area contributed by atoms with Crippen molar-refractivity contribution in [1.29, 1.82) is 0 Å². The molecule has 164 valence electrons. The lowest BCUT2D eigenvalue weighted by Gasteiger charge is -2.08. The Balaban J connectivity index is 1.31. The van der Waals surface area contributed by atoms with Crippen LogP contribution >= 0.6 is 0 Å². The number of hydrogen-bond acceptors (Lipinski definition) is 5. The van der Waals surface area contributed by atoms with Crippen LogP contribution in [0.5, 0.6) is 11.5 Å². The highest BCUT2D eigenvalue weighted by molar-refractivity contribution is 5.84. The average Bonchev–Trinajstić information content (AvgIpc) is 3.11. The molecule has 1 heterocycles. The van der Waals surface area contributed by atoms with Gasteiger partial charge in [0.15, 0.2) is 12.4 Å². The van der Waals surface area contributed by atoms with Gasteiger partial charge in [0.05, 0.1) is 13.7 Å². The van der Waals surface area contributed by atoms with Gasteiger partial charge in [-0.05, 0) is 47.2 Å². The lowest BCUT2D eigenvalue weighted by Crippen LogP contribution is -2.34. The van der Waals surface area contributed by atoms with Gasteiger partial charge in [-0.15, -0.1) is 5.10 Å². The number of amides is 1. The van der Waals surface area contributed by atoms with Crippen molar-refractivity contribution >= 4 is 16.7 Å². The van der Waals surface area contributed by atoms with Crippen LogP contribution in [0, 0.1) is 0 Å². The molecule has 4 rings (SSSR count). The van der Waals surface area contributed by atoms with E-state index >= 15 is 0 Å². The SMILES string of the molecule is COc1ccc(-c2nn(CCNC(=O)COc3ccc4ccccc4c3)c(=O)n2C)cc1. The van der Waals surface area contributed by atoms with Gasteiger partial charge in [0.25, 0.3) is 5.91 Å². The number of nitrogens with one attached hydrogen (secondary N) is 1. The Morgan fingerprint density at radius 1 is 1.00 bits per heavy atom. The molecule has 0 aliphatic rings. The number of carbonyl (C=O) groups is 1. The lowest BCUT2D eigenvalue weighted by molar-refractivity contribution is -0.123. The van der Waals surface area contributed by atoms with Crippen molar-refractivity contribution in [2.24, 2.45) is 7.05 Å². The van der Waals surface area contributed by atoms with E-state index in [9.17, 15) is 9.59 Å². The number of methoxy groups -OCH3 is 1. The van der Waals surface area contributed by atoms with Gasteiger partial charge in [-0.25, -0.2) is 9.48 Å². The number of ether oxygens (including phenoxy) is 2. The second-order valence-corrected chi connectivity index (χ2v) is 7.26. The number of rotatable bonds is 8. The van der Waals surface area contributed by atoms with Crippen LogP contribution in [0.25, 0.3) is 22.2 Å². The Labute approximate surface area is 185 Å². The molecule has 0 unspecified atom stereocenters. The summed E-state index contributed by atoms with van der Waals surface area (Å²) in [5, 5.41) is 9.32. The zero-order chi connectivity index (χ0) is 22.5. The quantitative estimate of drug-likeness (QED) is 0.463. The van der Waals surface area contributed by atoms with Crippen LogP contribution in [0.4, 0.5) is 0 Å². The molecule has 0 spiro atoms. The summed E-state index contributed by atoms with van der Waals surface area (Å²) in [6.07, 6.45) is 0. The summed E-state index contributed by atoms with van der Waals surface area (Å²) in [4.78, 5) is 24.6. The number of aromatic nitrogens is 3. The molecule has 0 fully saturated rings. The van der Waals surface area contributed by atoms with Crippen LogP contribution in [0.1, 0.15) is 0 Å². The predicted octanol–water partition coefficient (Wildman–Crippen LogP) is 2.61. The topological polar surface area (TPSA) is 87.4 Å². The van der Waals surface area contributed by atoms with E-state index in [0.29, 0.717) is 11.6 Å². The molecule has 32 heavy (non-hydrogen) atoms. The Hall–Kier alpha value is -4.07. The highest BCUT2D eigenvalue weighted by Crippen LogP contribution is 2.21. The van der Waals surface area contributed by atoms with Crippen LogP contribution < -0.4 is 20.5 Å². The normalized spacial score (nSPS) is 10.8. The summed E-state index contributed by atoms with van der Waals surface area (Å²) in [5.74, 6) is 1.64. The molecule has 0 atom stereocenters. The molecule has 0 saturated heterocycles. The first-order chi connectivity index (χ1) is 15.5. The molecular weight excluding hydrogens is 408 g/mol.